The molecule has 19 heavy (non-hydrogen) atoms. The van der Waals surface area contributed by atoms with Crippen LogP contribution in [0.2, 0.25) is 5.02 Å². The lowest BCUT2D eigenvalue weighted by Gasteiger charge is -2.43. The number of halogens is 1. The molecule has 1 fully saturated rings. The van der Waals surface area contributed by atoms with E-state index >= 15 is 0 Å². The average Bonchev–Trinajstić information content (AvgIpc) is 2.41. The number of hydrogen-bond acceptors (Lipinski definition) is 1. The average molecular weight is 272 g/mol. The summed E-state index contributed by atoms with van der Waals surface area (Å²) in [5.41, 5.74) is 2.85. The van der Waals surface area contributed by atoms with Gasteiger partial charge in [-0.1, -0.05) is 54.1 Å². The Labute approximate surface area is 119 Å². The molecule has 0 heterocycles. The first-order valence-corrected chi connectivity index (χ1v) is 7.21. The van der Waals surface area contributed by atoms with Crippen molar-refractivity contribution < 1.29 is 0 Å². The van der Waals surface area contributed by atoms with Crippen LogP contribution in [0.4, 0.5) is 0 Å². The van der Waals surface area contributed by atoms with Gasteiger partial charge in [-0.15, -0.1) is 0 Å². The molecule has 1 nitrogen and oxygen atoms in total. The smallest absolute Gasteiger partial charge is 0.0437 e. The fraction of sp³-hybridized carbons (Fsp3) is 0.294. The lowest BCUT2D eigenvalue weighted by atomic mass is 9.71. The summed E-state index contributed by atoms with van der Waals surface area (Å²) >= 11 is 5.98. The lowest BCUT2D eigenvalue weighted by molar-refractivity contribution is 0.183. The molecule has 0 saturated heterocycles. The Morgan fingerprint density at radius 3 is 2.21 bits per heavy atom. The van der Waals surface area contributed by atoms with Crippen molar-refractivity contribution in [2.45, 2.75) is 31.3 Å². The molecule has 2 heteroatoms. The summed E-state index contributed by atoms with van der Waals surface area (Å²) in [5, 5.41) is 4.55. The van der Waals surface area contributed by atoms with Crippen LogP contribution in [-0.4, -0.2) is 0 Å². The van der Waals surface area contributed by atoms with Crippen LogP contribution in [0.25, 0.3) is 0 Å². The second-order valence-electron chi connectivity index (χ2n) is 5.28. The number of hydrogen-bond donors (Lipinski definition) is 1. The standard InChI is InChI=1S/C17H18ClN/c18-16-9-7-15(8-10-16)17(11-4-12-17)19-13-14-5-2-1-3-6-14/h1-3,5-10,19H,4,11-13H2. The fourth-order valence-corrected chi connectivity index (χ4v) is 2.86. The van der Waals surface area contributed by atoms with E-state index in [0.29, 0.717) is 0 Å². The predicted molar refractivity (Wildman–Crippen MR) is 80.3 cm³/mol. The van der Waals surface area contributed by atoms with E-state index < -0.39 is 0 Å². The summed E-state index contributed by atoms with van der Waals surface area (Å²) in [6.45, 7) is 0.920. The summed E-state index contributed by atoms with van der Waals surface area (Å²) in [4.78, 5) is 0. The van der Waals surface area contributed by atoms with Crippen molar-refractivity contribution >= 4 is 11.6 Å². The topological polar surface area (TPSA) is 12.0 Å². The third kappa shape index (κ3) is 2.68. The minimum atomic E-state index is 0.153. The van der Waals surface area contributed by atoms with Crippen LogP contribution in [0, 0.1) is 0 Å². The largest absolute Gasteiger partial charge is 0.303 e. The molecule has 1 saturated carbocycles. The zero-order chi connectivity index (χ0) is 13.1. The lowest BCUT2D eigenvalue weighted by Crippen LogP contribution is -2.47. The molecule has 1 aliphatic carbocycles. The molecule has 3 rings (SSSR count). The van der Waals surface area contributed by atoms with E-state index in [1.54, 1.807) is 0 Å². The van der Waals surface area contributed by atoms with E-state index in [2.05, 4.69) is 47.8 Å². The Balaban J connectivity index is 1.74. The molecule has 0 unspecified atom stereocenters. The van der Waals surface area contributed by atoms with Gasteiger partial charge in [0.2, 0.25) is 0 Å². The van der Waals surface area contributed by atoms with E-state index in [0.717, 1.165) is 11.6 Å². The molecule has 0 aromatic heterocycles. The Morgan fingerprint density at radius 1 is 0.947 bits per heavy atom. The van der Waals surface area contributed by atoms with Gasteiger partial charge >= 0.3 is 0 Å². The monoisotopic (exact) mass is 271 g/mol. The highest BCUT2D eigenvalue weighted by molar-refractivity contribution is 6.30. The molecule has 0 spiro atoms. The van der Waals surface area contributed by atoms with Crippen molar-refractivity contribution in [3.63, 3.8) is 0 Å². The fourth-order valence-electron chi connectivity index (χ4n) is 2.73. The molecule has 2 aromatic carbocycles. The summed E-state index contributed by atoms with van der Waals surface area (Å²) in [5.74, 6) is 0. The van der Waals surface area contributed by atoms with Gasteiger partial charge in [0.15, 0.2) is 0 Å². The van der Waals surface area contributed by atoms with E-state index in [4.69, 9.17) is 11.6 Å². The van der Waals surface area contributed by atoms with Crippen LogP contribution in [0.1, 0.15) is 30.4 Å². The highest BCUT2D eigenvalue weighted by Gasteiger charge is 2.37. The Hall–Kier alpha value is -1.31. The van der Waals surface area contributed by atoms with Crippen LogP contribution < -0.4 is 5.32 Å². The van der Waals surface area contributed by atoms with Gasteiger partial charge in [-0.05, 0) is 42.5 Å². The van der Waals surface area contributed by atoms with Gasteiger partial charge in [0, 0.05) is 17.1 Å². The highest BCUT2D eigenvalue weighted by atomic mass is 35.5. The Bertz CT molecular complexity index is 529. The van der Waals surface area contributed by atoms with Gasteiger partial charge in [-0.3, -0.25) is 0 Å². The zero-order valence-corrected chi connectivity index (χ0v) is 11.7. The molecule has 1 N–H and O–H groups in total. The molecule has 0 bridgehead atoms. The second kappa shape index (κ2) is 5.36. The molecule has 98 valence electrons. The molecular formula is C17H18ClN. The van der Waals surface area contributed by atoms with Crippen molar-refractivity contribution in [3.05, 3.63) is 70.7 Å². The van der Waals surface area contributed by atoms with E-state index in [-0.39, 0.29) is 5.54 Å². The van der Waals surface area contributed by atoms with Crippen molar-refractivity contribution in [2.75, 3.05) is 0 Å². The van der Waals surface area contributed by atoms with Crippen LogP contribution in [0.3, 0.4) is 0 Å². The van der Waals surface area contributed by atoms with Gasteiger partial charge in [0.25, 0.3) is 0 Å². The summed E-state index contributed by atoms with van der Waals surface area (Å²) in [7, 11) is 0. The summed E-state index contributed by atoms with van der Waals surface area (Å²) in [6.07, 6.45) is 3.72. The molecule has 0 radical (unpaired) electrons. The summed E-state index contributed by atoms with van der Waals surface area (Å²) in [6, 6.07) is 18.9. The maximum absolute atomic E-state index is 5.98. The van der Waals surface area contributed by atoms with E-state index in [9.17, 15) is 0 Å². The van der Waals surface area contributed by atoms with Gasteiger partial charge in [-0.25, -0.2) is 0 Å². The second-order valence-corrected chi connectivity index (χ2v) is 5.72. The van der Waals surface area contributed by atoms with Crippen LogP contribution in [0.15, 0.2) is 54.6 Å². The molecular weight excluding hydrogens is 254 g/mol. The number of rotatable bonds is 4. The maximum Gasteiger partial charge on any atom is 0.0437 e. The first kappa shape index (κ1) is 12.7. The molecule has 2 aromatic rings. The maximum atomic E-state index is 5.98. The van der Waals surface area contributed by atoms with Crippen LogP contribution in [-0.2, 0) is 12.1 Å². The number of nitrogens with one attached hydrogen (secondary N) is 1. The first-order chi connectivity index (χ1) is 9.28. The van der Waals surface area contributed by atoms with Crippen LogP contribution in [0.5, 0.6) is 0 Å². The van der Waals surface area contributed by atoms with Gasteiger partial charge in [0.05, 0.1) is 0 Å². The van der Waals surface area contributed by atoms with Gasteiger partial charge in [-0.2, -0.15) is 0 Å². The Kier molecular flexibility index (Phi) is 3.58. The van der Waals surface area contributed by atoms with Crippen molar-refractivity contribution in [3.8, 4) is 0 Å². The van der Waals surface area contributed by atoms with Crippen molar-refractivity contribution in [1.82, 2.24) is 5.32 Å². The number of benzene rings is 2. The van der Waals surface area contributed by atoms with E-state index in [1.165, 1.54) is 30.4 Å². The predicted octanol–water partition coefficient (Wildman–Crippen LogP) is 4.51. The van der Waals surface area contributed by atoms with Crippen LogP contribution >= 0.6 is 11.6 Å². The third-order valence-corrected chi connectivity index (χ3v) is 4.33. The third-order valence-electron chi connectivity index (χ3n) is 4.08. The minimum absolute atomic E-state index is 0.153. The molecule has 1 aliphatic rings. The first-order valence-electron chi connectivity index (χ1n) is 6.84. The quantitative estimate of drug-likeness (QED) is 0.863. The van der Waals surface area contributed by atoms with Gasteiger partial charge in [0.1, 0.15) is 0 Å². The molecule has 0 amide bonds. The highest BCUT2D eigenvalue weighted by Crippen LogP contribution is 2.41. The van der Waals surface area contributed by atoms with E-state index in [1.807, 2.05) is 12.1 Å². The zero-order valence-electron chi connectivity index (χ0n) is 10.9. The van der Waals surface area contributed by atoms with Gasteiger partial charge < -0.3 is 5.32 Å². The molecule has 0 atom stereocenters. The summed E-state index contributed by atoms with van der Waals surface area (Å²) < 4.78 is 0. The Morgan fingerprint density at radius 2 is 1.63 bits per heavy atom. The molecule has 0 aliphatic heterocycles. The SMILES string of the molecule is Clc1ccc(C2(NCc3ccccc3)CCC2)cc1. The van der Waals surface area contributed by atoms with Crippen molar-refractivity contribution in [2.24, 2.45) is 0 Å². The van der Waals surface area contributed by atoms with Crippen molar-refractivity contribution in [1.29, 1.82) is 0 Å². The minimum Gasteiger partial charge on any atom is -0.303 e. The normalized spacial score (nSPS) is 16.9.